The number of anilines is 1. The normalized spacial score (nSPS) is 9.57. The molecule has 1 aromatic carbocycles. The molecule has 0 fully saturated rings. The molecule has 0 saturated heterocycles. The Hall–Kier alpha value is -1.23. The number of carbonyl (C=O) groups is 1. The van der Waals surface area contributed by atoms with Crippen molar-refractivity contribution in [2.75, 3.05) is 12.0 Å². The van der Waals surface area contributed by atoms with E-state index in [-0.39, 0.29) is 0 Å². The van der Waals surface area contributed by atoms with E-state index in [1.165, 1.54) is 0 Å². The summed E-state index contributed by atoms with van der Waals surface area (Å²) in [5.41, 5.74) is 3.51. The maximum Gasteiger partial charge on any atom is 0.426 e. The Labute approximate surface area is 90.6 Å². The molecule has 0 heterocycles. The first-order valence-corrected chi connectivity index (χ1v) is 4.95. The van der Waals surface area contributed by atoms with Gasteiger partial charge in [0.1, 0.15) is 0 Å². The molecule has 1 amide bonds. The van der Waals surface area contributed by atoms with Crippen LogP contribution in [0.25, 0.3) is 0 Å². The number of hydrogen-bond donors (Lipinski definition) is 2. The minimum atomic E-state index is -0.993. The van der Waals surface area contributed by atoms with Gasteiger partial charge in [-0.2, -0.15) is 0 Å². The highest BCUT2D eigenvalue weighted by Gasteiger charge is 2.08. The van der Waals surface area contributed by atoms with Crippen LogP contribution in [0.3, 0.4) is 0 Å². The molecule has 0 aromatic heterocycles. The van der Waals surface area contributed by atoms with Gasteiger partial charge in [-0.3, -0.25) is 5.43 Å². The number of rotatable bonds is 3. The van der Waals surface area contributed by atoms with Crippen LogP contribution in [-0.2, 0) is 0 Å². The molecule has 14 heavy (non-hydrogen) atoms. The van der Waals surface area contributed by atoms with Gasteiger partial charge in [0, 0.05) is 11.0 Å². The molecule has 1 rings (SSSR count). The summed E-state index contributed by atoms with van der Waals surface area (Å²) in [7, 11) is 0. The van der Waals surface area contributed by atoms with Gasteiger partial charge < -0.3 is 5.11 Å². The molecule has 0 aliphatic heterocycles. The lowest BCUT2D eigenvalue weighted by atomic mass is 10.3. The third kappa shape index (κ3) is 2.92. The molecule has 0 atom stereocenters. The highest BCUT2D eigenvalue weighted by molar-refractivity contribution is 9.10. The van der Waals surface area contributed by atoms with Crippen LogP contribution in [0.5, 0.6) is 0 Å². The Balaban J connectivity index is 2.72. The van der Waals surface area contributed by atoms with Gasteiger partial charge in [0.25, 0.3) is 0 Å². The van der Waals surface area contributed by atoms with Crippen LogP contribution in [0, 0.1) is 0 Å². The first kappa shape index (κ1) is 10.8. The molecule has 0 bridgehead atoms. The minimum Gasteiger partial charge on any atom is -0.464 e. The van der Waals surface area contributed by atoms with Crippen molar-refractivity contribution >= 4 is 27.7 Å². The fourth-order valence-electron chi connectivity index (χ4n) is 0.976. The molecule has 0 aliphatic carbocycles. The van der Waals surface area contributed by atoms with Gasteiger partial charge in [-0.05, 0) is 25.1 Å². The fourth-order valence-corrected chi connectivity index (χ4v) is 1.38. The number of hydrogen-bond acceptors (Lipinski definition) is 2. The van der Waals surface area contributed by atoms with Gasteiger partial charge in [-0.1, -0.05) is 22.0 Å². The minimum absolute atomic E-state index is 0.391. The standard InChI is InChI=1S/C9H11BrN2O2/c1-2-12(9(13)14)11-8-5-3-4-7(10)6-8/h3-6,11H,2H2,1H3,(H,13,14). The Bertz CT molecular complexity index is 330. The van der Waals surface area contributed by atoms with E-state index in [1.807, 2.05) is 18.2 Å². The number of halogens is 1. The van der Waals surface area contributed by atoms with Gasteiger partial charge in [0.15, 0.2) is 0 Å². The first-order valence-electron chi connectivity index (χ1n) is 4.16. The molecule has 2 N–H and O–H groups in total. The van der Waals surface area contributed by atoms with E-state index >= 15 is 0 Å². The van der Waals surface area contributed by atoms with Crippen molar-refractivity contribution in [2.24, 2.45) is 0 Å². The van der Waals surface area contributed by atoms with E-state index < -0.39 is 6.09 Å². The smallest absolute Gasteiger partial charge is 0.426 e. The lowest BCUT2D eigenvalue weighted by molar-refractivity contribution is 0.157. The van der Waals surface area contributed by atoms with Crippen molar-refractivity contribution in [1.82, 2.24) is 5.01 Å². The Morgan fingerprint density at radius 1 is 1.64 bits per heavy atom. The van der Waals surface area contributed by atoms with Crippen LogP contribution >= 0.6 is 15.9 Å². The monoisotopic (exact) mass is 258 g/mol. The van der Waals surface area contributed by atoms with E-state index in [9.17, 15) is 4.79 Å². The summed E-state index contributed by atoms with van der Waals surface area (Å²) in [5.74, 6) is 0. The third-order valence-corrected chi connectivity index (χ3v) is 2.13. The summed E-state index contributed by atoms with van der Waals surface area (Å²) < 4.78 is 0.906. The van der Waals surface area contributed by atoms with Crippen LogP contribution in [0.2, 0.25) is 0 Å². The predicted molar refractivity (Wildman–Crippen MR) is 58.2 cm³/mol. The summed E-state index contributed by atoms with van der Waals surface area (Å²) in [5, 5.41) is 9.87. The van der Waals surface area contributed by atoms with E-state index in [2.05, 4.69) is 21.4 Å². The summed E-state index contributed by atoms with van der Waals surface area (Å²) >= 11 is 3.31. The SMILES string of the molecule is CCN(Nc1cccc(Br)c1)C(=O)O. The van der Waals surface area contributed by atoms with E-state index in [1.54, 1.807) is 13.0 Å². The molecule has 4 nitrogen and oxygen atoms in total. The van der Waals surface area contributed by atoms with Gasteiger partial charge >= 0.3 is 6.09 Å². The summed E-state index contributed by atoms with van der Waals surface area (Å²) in [4.78, 5) is 10.7. The second-order valence-corrected chi connectivity index (χ2v) is 3.56. The van der Waals surface area contributed by atoms with Gasteiger partial charge in [-0.15, -0.1) is 0 Å². The zero-order valence-corrected chi connectivity index (χ0v) is 9.28. The van der Waals surface area contributed by atoms with Crippen LogP contribution in [0.15, 0.2) is 28.7 Å². The van der Waals surface area contributed by atoms with Gasteiger partial charge in [-0.25, -0.2) is 9.80 Å². The van der Waals surface area contributed by atoms with E-state index in [0.717, 1.165) is 15.2 Å². The van der Waals surface area contributed by atoms with Gasteiger partial charge in [0.05, 0.1) is 5.69 Å². The first-order chi connectivity index (χ1) is 6.63. The zero-order chi connectivity index (χ0) is 10.6. The molecule has 1 aromatic rings. The number of nitrogens with one attached hydrogen (secondary N) is 1. The van der Waals surface area contributed by atoms with Crippen LogP contribution in [0.1, 0.15) is 6.92 Å². The summed E-state index contributed by atoms with van der Waals surface area (Å²) in [6.07, 6.45) is -0.993. The molecule has 0 saturated carbocycles. The number of nitrogens with zero attached hydrogens (tertiary/aromatic N) is 1. The van der Waals surface area contributed by atoms with Crippen molar-refractivity contribution in [2.45, 2.75) is 6.92 Å². The third-order valence-electron chi connectivity index (χ3n) is 1.64. The van der Waals surface area contributed by atoms with Crippen molar-refractivity contribution in [3.8, 4) is 0 Å². The largest absolute Gasteiger partial charge is 0.464 e. The molecule has 76 valence electrons. The summed E-state index contributed by atoms with van der Waals surface area (Å²) in [6, 6.07) is 7.33. The molecular formula is C9H11BrN2O2. The van der Waals surface area contributed by atoms with Crippen LogP contribution in [-0.4, -0.2) is 22.8 Å². The maximum absolute atomic E-state index is 10.7. The topological polar surface area (TPSA) is 52.6 Å². The van der Waals surface area contributed by atoms with Crippen LogP contribution in [0.4, 0.5) is 10.5 Å². The fraction of sp³-hybridized carbons (Fsp3) is 0.222. The molecule has 0 radical (unpaired) electrons. The van der Waals surface area contributed by atoms with Gasteiger partial charge in [0.2, 0.25) is 0 Å². The van der Waals surface area contributed by atoms with E-state index in [4.69, 9.17) is 5.11 Å². The summed E-state index contributed by atoms with van der Waals surface area (Å²) in [6.45, 7) is 2.15. The van der Waals surface area contributed by atoms with Crippen molar-refractivity contribution in [3.05, 3.63) is 28.7 Å². The number of carboxylic acid groups (broad SMARTS) is 1. The molecule has 0 aliphatic rings. The Morgan fingerprint density at radius 2 is 2.36 bits per heavy atom. The lowest BCUT2D eigenvalue weighted by Crippen LogP contribution is -2.34. The van der Waals surface area contributed by atoms with E-state index in [0.29, 0.717) is 6.54 Å². The average molecular weight is 259 g/mol. The van der Waals surface area contributed by atoms with Crippen molar-refractivity contribution in [3.63, 3.8) is 0 Å². The van der Waals surface area contributed by atoms with Crippen molar-refractivity contribution in [1.29, 1.82) is 0 Å². The predicted octanol–water partition coefficient (Wildman–Crippen LogP) is 2.78. The maximum atomic E-state index is 10.7. The quantitative estimate of drug-likeness (QED) is 0.820. The van der Waals surface area contributed by atoms with Crippen LogP contribution < -0.4 is 5.43 Å². The molecule has 5 heteroatoms. The Kier molecular flexibility index (Phi) is 3.76. The van der Waals surface area contributed by atoms with Crippen molar-refractivity contribution < 1.29 is 9.90 Å². The number of amides is 1. The Morgan fingerprint density at radius 3 is 2.86 bits per heavy atom. The second-order valence-electron chi connectivity index (χ2n) is 2.65. The second kappa shape index (κ2) is 4.85. The average Bonchev–Trinajstić information content (AvgIpc) is 2.14. The highest BCUT2D eigenvalue weighted by Crippen LogP contribution is 2.16. The molecule has 0 unspecified atom stereocenters. The molecular weight excluding hydrogens is 248 g/mol. The number of benzene rings is 1. The zero-order valence-electron chi connectivity index (χ0n) is 7.70. The molecule has 0 spiro atoms. The highest BCUT2D eigenvalue weighted by atomic mass is 79.9. The number of hydrazine groups is 1. The lowest BCUT2D eigenvalue weighted by Gasteiger charge is -2.19.